The number of aryl methyl sites for hydroxylation is 1. The highest BCUT2D eigenvalue weighted by Gasteiger charge is 2.36. The molecule has 6 nitrogen and oxygen atoms in total. The molecule has 1 aromatic heterocycles. The van der Waals surface area contributed by atoms with Crippen molar-refractivity contribution in [3.05, 3.63) is 42.2 Å². The fourth-order valence-corrected chi connectivity index (χ4v) is 3.43. The second-order valence-electron chi connectivity index (χ2n) is 7.13. The first-order valence-corrected chi connectivity index (χ1v) is 9.41. The van der Waals surface area contributed by atoms with Gasteiger partial charge >= 0.3 is 0 Å². The molecule has 4 rings (SSSR count). The fraction of sp³-hybridized carbons (Fsp3) is 0.450. The second kappa shape index (κ2) is 7.50. The highest BCUT2D eigenvalue weighted by molar-refractivity contribution is 5.88. The normalized spacial score (nSPS) is 19.3. The molecular weight excluding hydrogens is 349 g/mol. The van der Waals surface area contributed by atoms with E-state index in [1.54, 1.807) is 23.1 Å². The molecule has 2 aromatic rings. The monoisotopic (exact) mass is 371 g/mol. The van der Waals surface area contributed by atoms with E-state index in [0.717, 1.165) is 19.3 Å². The molecule has 2 amide bonds. The van der Waals surface area contributed by atoms with Crippen LogP contribution in [0.1, 0.15) is 38.0 Å². The van der Waals surface area contributed by atoms with E-state index in [4.69, 9.17) is 4.42 Å². The van der Waals surface area contributed by atoms with Crippen LogP contribution in [0, 0.1) is 5.82 Å². The lowest BCUT2D eigenvalue weighted by Gasteiger charge is -2.23. The molecule has 142 valence electrons. The van der Waals surface area contributed by atoms with Crippen LogP contribution in [0.3, 0.4) is 0 Å². The first-order chi connectivity index (χ1) is 13.1. The maximum atomic E-state index is 13.8. The number of aromatic nitrogens is 1. The summed E-state index contributed by atoms with van der Waals surface area (Å²) >= 11 is 0. The van der Waals surface area contributed by atoms with E-state index < -0.39 is 0 Å². The van der Waals surface area contributed by atoms with Crippen molar-refractivity contribution in [2.75, 3.05) is 6.54 Å². The van der Waals surface area contributed by atoms with Gasteiger partial charge in [0, 0.05) is 25.4 Å². The summed E-state index contributed by atoms with van der Waals surface area (Å²) in [6.07, 6.45) is 5.61. The van der Waals surface area contributed by atoms with Gasteiger partial charge in [0.05, 0.1) is 11.8 Å². The van der Waals surface area contributed by atoms with E-state index in [0.29, 0.717) is 42.6 Å². The molecule has 1 unspecified atom stereocenters. The van der Waals surface area contributed by atoms with E-state index in [1.807, 2.05) is 0 Å². The highest BCUT2D eigenvalue weighted by Crippen LogP contribution is 2.25. The van der Waals surface area contributed by atoms with Gasteiger partial charge in [-0.3, -0.25) is 9.59 Å². The Morgan fingerprint density at radius 2 is 2.07 bits per heavy atom. The number of rotatable bonds is 6. The van der Waals surface area contributed by atoms with Crippen molar-refractivity contribution in [3.63, 3.8) is 0 Å². The van der Waals surface area contributed by atoms with Crippen LogP contribution in [0.25, 0.3) is 11.3 Å². The average molecular weight is 371 g/mol. The molecular formula is C20H22FN3O3. The molecule has 7 heteroatoms. The molecule has 1 aliphatic carbocycles. The lowest BCUT2D eigenvalue weighted by atomic mass is 10.2. The zero-order valence-electron chi connectivity index (χ0n) is 15.0. The maximum Gasteiger partial charge on any atom is 0.243 e. The number of benzene rings is 1. The summed E-state index contributed by atoms with van der Waals surface area (Å²) in [4.78, 5) is 30.7. The standard InChI is InChI=1S/C20H22FN3O3/c21-15-5-2-1-4-14(15)17-12-22-18(27-17)9-10-19(25)24-11-3-6-16(24)20(26)23-13-7-8-13/h1-2,4-5,12-13,16H,3,6-11H2,(H,23,26). The van der Waals surface area contributed by atoms with Crippen LogP contribution in [0.4, 0.5) is 4.39 Å². The van der Waals surface area contributed by atoms with Crippen molar-refractivity contribution in [1.29, 1.82) is 0 Å². The smallest absolute Gasteiger partial charge is 0.243 e. The summed E-state index contributed by atoms with van der Waals surface area (Å²) in [5.41, 5.74) is 0.346. The summed E-state index contributed by atoms with van der Waals surface area (Å²) < 4.78 is 19.4. The Hall–Kier alpha value is -2.70. The number of hydrogen-bond acceptors (Lipinski definition) is 4. The van der Waals surface area contributed by atoms with Gasteiger partial charge in [0.15, 0.2) is 11.7 Å². The Bertz CT molecular complexity index is 847. The number of nitrogens with zero attached hydrogens (tertiary/aromatic N) is 2. The molecule has 1 saturated carbocycles. The summed E-state index contributed by atoms with van der Waals surface area (Å²) in [6, 6.07) is 6.25. The van der Waals surface area contributed by atoms with E-state index in [-0.39, 0.29) is 30.1 Å². The number of nitrogens with one attached hydrogen (secondary N) is 1. The molecule has 2 fully saturated rings. The van der Waals surface area contributed by atoms with E-state index in [2.05, 4.69) is 10.3 Å². The summed E-state index contributed by atoms with van der Waals surface area (Å²) in [7, 11) is 0. The number of halogens is 1. The number of oxazole rings is 1. The van der Waals surface area contributed by atoms with Gasteiger partial charge in [-0.25, -0.2) is 9.37 Å². The molecule has 1 saturated heterocycles. The van der Waals surface area contributed by atoms with E-state index in [9.17, 15) is 14.0 Å². The topological polar surface area (TPSA) is 75.4 Å². The van der Waals surface area contributed by atoms with Gasteiger partial charge in [-0.05, 0) is 37.8 Å². The van der Waals surface area contributed by atoms with E-state index in [1.165, 1.54) is 12.3 Å². The minimum Gasteiger partial charge on any atom is -0.441 e. The summed E-state index contributed by atoms with van der Waals surface area (Å²) in [5, 5.41) is 2.98. The first-order valence-electron chi connectivity index (χ1n) is 9.41. The summed E-state index contributed by atoms with van der Waals surface area (Å²) in [6.45, 7) is 0.605. The molecule has 1 N–H and O–H groups in total. The Morgan fingerprint density at radius 1 is 1.26 bits per heavy atom. The lowest BCUT2D eigenvalue weighted by molar-refractivity contribution is -0.138. The van der Waals surface area contributed by atoms with Crippen molar-refractivity contribution in [2.45, 2.75) is 50.6 Å². The molecule has 2 heterocycles. The molecule has 0 bridgehead atoms. The molecule has 1 aliphatic heterocycles. The zero-order valence-corrected chi connectivity index (χ0v) is 15.0. The van der Waals surface area contributed by atoms with Crippen LogP contribution in [0.5, 0.6) is 0 Å². The van der Waals surface area contributed by atoms with Crippen molar-refractivity contribution in [2.24, 2.45) is 0 Å². The van der Waals surface area contributed by atoms with Gasteiger partial charge in [0.2, 0.25) is 11.8 Å². The third-order valence-electron chi connectivity index (χ3n) is 5.05. The number of likely N-dealkylation sites (tertiary alicyclic amines) is 1. The third kappa shape index (κ3) is 4.02. The number of hydrogen-bond donors (Lipinski definition) is 1. The molecule has 2 aliphatic rings. The molecule has 0 spiro atoms. The minimum absolute atomic E-state index is 0.0405. The average Bonchev–Trinajstić information content (AvgIpc) is 3.16. The van der Waals surface area contributed by atoms with E-state index >= 15 is 0 Å². The molecule has 27 heavy (non-hydrogen) atoms. The SMILES string of the molecule is O=C(NC1CC1)C1CCCN1C(=O)CCc1ncc(-c2ccccc2F)o1. The van der Waals surface area contributed by atoms with Gasteiger partial charge < -0.3 is 14.6 Å². The number of carbonyl (C=O) groups excluding carboxylic acids is 2. The van der Waals surface area contributed by atoms with Crippen LogP contribution in [0.2, 0.25) is 0 Å². The molecule has 1 atom stereocenters. The largest absolute Gasteiger partial charge is 0.441 e. The minimum atomic E-state index is -0.377. The summed E-state index contributed by atoms with van der Waals surface area (Å²) in [5.74, 6) is 0.242. The predicted octanol–water partition coefficient (Wildman–Crippen LogP) is 2.68. The maximum absolute atomic E-state index is 13.8. The van der Waals surface area contributed by atoms with Crippen molar-refractivity contribution >= 4 is 11.8 Å². The van der Waals surface area contributed by atoms with Gasteiger partial charge in [0.1, 0.15) is 11.9 Å². The van der Waals surface area contributed by atoms with Crippen LogP contribution >= 0.6 is 0 Å². The quantitative estimate of drug-likeness (QED) is 0.847. The van der Waals surface area contributed by atoms with Crippen LogP contribution in [0.15, 0.2) is 34.9 Å². The first kappa shape index (κ1) is 17.7. The number of amides is 2. The molecule has 1 aromatic carbocycles. The Morgan fingerprint density at radius 3 is 2.85 bits per heavy atom. The predicted molar refractivity (Wildman–Crippen MR) is 96.1 cm³/mol. The highest BCUT2D eigenvalue weighted by atomic mass is 19.1. The van der Waals surface area contributed by atoms with Gasteiger partial charge in [0.25, 0.3) is 0 Å². The Kier molecular flexibility index (Phi) is 4.92. The van der Waals surface area contributed by atoms with Crippen LogP contribution < -0.4 is 5.32 Å². The van der Waals surface area contributed by atoms with Crippen LogP contribution in [-0.2, 0) is 16.0 Å². The fourth-order valence-electron chi connectivity index (χ4n) is 3.43. The Balaban J connectivity index is 1.35. The lowest BCUT2D eigenvalue weighted by Crippen LogP contribution is -2.46. The molecule has 0 radical (unpaired) electrons. The Labute approximate surface area is 156 Å². The van der Waals surface area contributed by atoms with Crippen molar-refractivity contribution < 1.29 is 18.4 Å². The zero-order chi connectivity index (χ0) is 18.8. The van der Waals surface area contributed by atoms with Crippen LogP contribution in [-0.4, -0.2) is 40.3 Å². The van der Waals surface area contributed by atoms with Crippen molar-refractivity contribution in [1.82, 2.24) is 15.2 Å². The van der Waals surface area contributed by atoms with Gasteiger partial charge in [-0.15, -0.1) is 0 Å². The second-order valence-corrected chi connectivity index (χ2v) is 7.13. The van der Waals surface area contributed by atoms with Crippen molar-refractivity contribution in [3.8, 4) is 11.3 Å². The van der Waals surface area contributed by atoms with Gasteiger partial charge in [-0.1, -0.05) is 12.1 Å². The third-order valence-corrected chi connectivity index (χ3v) is 5.05. The van der Waals surface area contributed by atoms with Gasteiger partial charge in [-0.2, -0.15) is 0 Å². The number of carbonyl (C=O) groups is 2.